The van der Waals surface area contributed by atoms with Crippen molar-refractivity contribution >= 4 is 17.0 Å². The zero-order valence-corrected chi connectivity index (χ0v) is 7.00. The molecule has 72 valence electrons. The lowest BCUT2D eigenvalue weighted by Crippen LogP contribution is -2.30. The number of hydrogen-bond acceptors (Lipinski definition) is 6. The van der Waals surface area contributed by atoms with Crippen LogP contribution in [0.5, 0.6) is 0 Å². The summed E-state index contributed by atoms with van der Waals surface area (Å²) in [7, 11) is 0. The molecule has 0 aliphatic carbocycles. The molecule has 0 atom stereocenters. The van der Waals surface area contributed by atoms with Crippen molar-refractivity contribution in [3.8, 4) is 0 Å². The minimum Gasteiger partial charge on any atom is -0.611 e. The van der Waals surface area contributed by atoms with Gasteiger partial charge in [-0.1, -0.05) is 9.89 Å². The molecule has 0 fully saturated rings. The fourth-order valence-corrected chi connectivity index (χ4v) is 1.03. The largest absolute Gasteiger partial charge is 0.611 e. The van der Waals surface area contributed by atoms with Gasteiger partial charge in [-0.2, -0.15) is 0 Å². The summed E-state index contributed by atoms with van der Waals surface area (Å²) in [6.07, 6.45) is 0.875. The number of hydrogen-bond donors (Lipinski definition) is 0. The third-order valence-electron chi connectivity index (χ3n) is 1.70. The Morgan fingerprint density at radius 2 is 2.36 bits per heavy atom. The van der Waals surface area contributed by atoms with Crippen molar-refractivity contribution in [3.63, 3.8) is 0 Å². The van der Waals surface area contributed by atoms with E-state index >= 15 is 0 Å². The molecule has 0 amide bonds. The smallest absolute Gasteiger partial charge is 0.534 e. The Kier molecular flexibility index (Phi) is 1.56. The van der Waals surface area contributed by atoms with E-state index in [1.54, 1.807) is 6.92 Å². The molecule has 2 heterocycles. The Morgan fingerprint density at radius 1 is 1.64 bits per heavy atom. The van der Waals surface area contributed by atoms with E-state index in [-0.39, 0.29) is 16.0 Å². The quantitative estimate of drug-likeness (QED) is 0.276. The van der Waals surface area contributed by atoms with E-state index in [1.165, 1.54) is 0 Å². The highest BCUT2D eigenvalue weighted by atomic mass is 16.6. The van der Waals surface area contributed by atoms with Crippen LogP contribution in [-0.4, -0.2) is 15.1 Å². The molecule has 2 aromatic rings. The van der Waals surface area contributed by atoms with Gasteiger partial charge in [-0.15, -0.1) is 0 Å². The molecule has 14 heavy (non-hydrogen) atoms. The molecule has 2 rings (SSSR count). The zero-order chi connectivity index (χ0) is 10.3. The molecule has 0 spiro atoms. The van der Waals surface area contributed by atoms with Gasteiger partial charge in [0.05, 0.1) is 0 Å². The van der Waals surface area contributed by atoms with Crippen LogP contribution >= 0.6 is 0 Å². The third kappa shape index (κ3) is 0.969. The molecule has 0 bridgehead atoms. The van der Waals surface area contributed by atoms with Crippen molar-refractivity contribution in [1.82, 2.24) is 10.1 Å². The second-order valence-corrected chi connectivity index (χ2v) is 2.59. The van der Waals surface area contributed by atoms with Crippen LogP contribution in [-0.2, 0) is 0 Å². The molecule has 0 N–H and O–H groups in total. The lowest BCUT2D eigenvalue weighted by atomic mass is 10.4. The SMILES string of the molecule is Cc1noc2c1ncc([N+](=O)[O-])[n+]2[O-]. The summed E-state index contributed by atoms with van der Waals surface area (Å²) < 4.78 is 4.66. The molecular formula is C6H4N4O4. The molecule has 0 saturated carbocycles. The Labute approximate surface area is 76.5 Å². The Morgan fingerprint density at radius 3 is 3.00 bits per heavy atom. The molecule has 0 aromatic carbocycles. The van der Waals surface area contributed by atoms with Crippen LogP contribution in [0.1, 0.15) is 5.69 Å². The van der Waals surface area contributed by atoms with Crippen molar-refractivity contribution in [2.45, 2.75) is 6.92 Å². The lowest BCUT2D eigenvalue weighted by molar-refractivity contribution is -0.649. The normalized spacial score (nSPS) is 10.6. The van der Waals surface area contributed by atoms with Gasteiger partial charge in [0.1, 0.15) is 10.6 Å². The summed E-state index contributed by atoms with van der Waals surface area (Å²) in [6, 6.07) is 0. The maximum absolute atomic E-state index is 11.3. The molecule has 8 heteroatoms. The third-order valence-corrected chi connectivity index (χ3v) is 1.70. The lowest BCUT2D eigenvalue weighted by Gasteiger charge is -1.94. The Bertz CT molecular complexity index is 520. The van der Waals surface area contributed by atoms with Gasteiger partial charge in [0.2, 0.25) is 5.52 Å². The maximum atomic E-state index is 11.3. The number of nitrogens with zero attached hydrogens (tertiary/aromatic N) is 4. The number of fused-ring (bicyclic) bond motifs is 1. The first kappa shape index (κ1) is 8.35. The highest BCUT2D eigenvalue weighted by molar-refractivity contribution is 5.67. The standard InChI is InChI=1S/C6H4N4O4/c1-3-5-6(14-8-3)9(11)4(2-7-5)10(12)13/h2H,1H3. The van der Waals surface area contributed by atoms with E-state index in [2.05, 4.69) is 14.7 Å². The number of aryl methyl sites for hydroxylation is 1. The molecule has 0 aliphatic heterocycles. The molecule has 0 aliphatic rings. The highest BCUT2D eigenvalue weighted by Crippen LogP contribution is 2.13. The van der Waals surface area contributed by atoms with E-state index in [1.807, 2.05) is 0 Å². The van der Waals surface area contributed by atoms with Crippen LogP contribution in [0.2, 0.25) is 0 Å². The van der Waals surface area contributed by atoms with Crippen molar-refractivity contribution in [3.05, 3.63) is 27.2 Å². The van der Waals surface area contributed by atoms with Crippen LogP contribution in [0, 0.1) is 22.2 Å². The number of aromatic nitrogens is 3. The summed E-state index contributed by atoms with van der Waals surface area (Å²) in [5.41, 5.74) is 0.391. The highest BCUT2D eigenvalue weighted by Gasteiger charge is 2.26. The summed E-state index contributed by atoms with van der Waals surface area (Å²) in [6.45, 7) is 1.59. The number of nitro groups is 1. The summed E-state index contributed by atoms with van der Waals surface area (Å²) in [5.74, 6) is -0.686. The minimum atomic E-state index is -0.836. The Balaban J connectivity index is 2.82. The average Bonchev–Trinajstić information content (AvgIpc) is 2.49. The average molecular weight is 196 g/mol. The summed E-state index contributed by atoms with van der Waals surface area (Å²) in [4.78, 5) is 13.2. The van der Waals surface area contributed by atoms with Crippen molar-refractivity contribution in [2.24, 2.45) is 0 Å². The Hall–Kier alpha value is -2.25. The predicted molar refractivity (Wildman–Crippen MR) is 42.2 cm³/mol. The van der Waals surface area contributed by atoms with E-state index in [0.717, 1.165) is 6.20 Å². The van der Waals surface area contributed by atoms with Crippen molar-refractivity contribution in [1.29, 1.82) is 0 Å². The molecule has 0 unspecified atom stereocenters. The topological polar surface area (TPSA) is 109 Å². The van der Waals surface area contributed by atoms with E-state index in [9.17, 15) is 15.3 Å². The van der Waals surface area contributed by atoms with Crippen molar-refractivity contribution in [2.75, 3.05) is 0 Å². The van der Waals surface area contributed by atoms with Gasteiger partial charge in [0, 0.05) is 0 Å². The summed E-state index contributed by atoms with van der Waals surface area (Å²) in [5, 5.41) is 25.1. The molecule has 8 nitrogen and oxygen atoms in total. The van der Waals surface area contributed by atoms with E-state index in [4.69, 9.17) is 0 Å². The van der Waals surface area contributed by atoms with Gasteiger partial charge in [-0.3, -0.25) is 14.6 Å². The van der Waals surface area contributed by atoms with Gasteiger partial charge in [-0.25, -0.2) is 4.98 Å². The minimum absolute atomic E-state index is 0.0579. The zero-order valence-electron chi connectivity index (χ0n) is 7.00. The monoisotopic (exact) mass is 196 g/mol. The van der Waals surface area contributed by atoms with E-state index < -0.39 is 10.7 Å². The van der Waals surface area contributed by atoms with Crippen LogP contribution in [0.25, 0.3) is 11.2 Å². The van der Waals surface area contributed by atoms with Gasteiger partial charge in [-0.05, 0) is 6.92 Å². The predicted octanol–water partition coefficient (Wildman–Crippen LogP) is 0.0728. The van der Waals surface area contributed by atoms with Gasteiger partial charge >= 0.3 is 11.5 Å². The molecule has 0 radical (unpaired) electrons. The summed E-state index contributed by atoms with van der Waals surface area (Å²) >= 11 is 0. The van der Waals surface area contributed by atoms with Crippen LogP contribution < -0.4 is 4.73 Å². The van der Waals surface area contributed by atoms with Crippen LogP contribution in [0.15, 0.2) is 10.7 Å². The van der Waals surface area contributed by atoms with Gasteiger partial charge in [0.25, 0.3) is 0 Å². The molecule has 2 aromatic heterocycles. The van der Waals surface area contributed by atoms with Crippen LogP contribution in [0.4, 0.5) is 5.82 Å². The second-order valence-electron chi connectivity index (χ2n) is 2.59. The fourth-order valence-electron chi connectivity index (χ4n) is 1.03. The fraction of sp³-hybridized carbons (Fsp3) is 0.167. The second kappa shape index (κ2) is 2.62. The van der Waals surface area contributed by atoms with E-state index in [0.29, 0.717) is 5.69 Å². The first-order valence-electron chi connectivity index (χ1n) is 3.60. The van der Waals surface area contributed by atoms with Crippen molar-refractivity contribution < 1.29 is 14.2 Å². The maximum Gasteiger partial charge on any atom is 0.534 e. The molecule has 0 saturated heterocycles. The number of rotatable bonds is 1. The van der Waals surface area contributed by atoms with Gasteiger partial charge in [0.15, 0.2) is 6.20 Å². The van der Waals surface area contributed by atoms with Crippen LogP contribution in [0.3, 0.4) is 0 Å². The molecular weight excluding hydrogens is 192 g/mol. The first-order chi connectivity index (χ1) is 6.61. The first-order valence-corrected chi connectivity index (χ1v) is 3.60. The van der Waals surface area contributed by atoms with Gasteiger partial charge < -0.3 is 5.21 Å².